The molecule has 1 aromatic rings. The van der Waals surface area contributed by atoms with Gasteiger partial charge in [0.25, 0.3) is 10.1 Å². The van der Waals surface area contributed by atoms with Crippen molar-refractivity contribution in [1.82, 2.24) is 0 Å². The van der Waals surface area contributed by atoms with E-state index in [9.17, 15) is 8.42 Å². The van der Waals surface area contributed by atoms with E-state index < -0.39 is 10.1 Å². The van der Waals surface area contributed by atoms with Gasteiger partial charge in [-0.2, -0.15) is 8.42 Å². The van der Waals surface area contributed by atoms with Crippen molar-refractivity contribution in [1.29, 1.82) is 0 Å². The third kappa shape index (κ3) is 3.33. The summed E-state index contributed by atoms with van der Waals surface area (Å²) in [4.78, 5) is 0. The Hall–Kier alpha value is -0.870. The maximum absolute atomic E-state index is 11.3. The SMILES string of the molecule is Cc1ccccc1[C@@H]1CCCC[C@H]1OS(C)(=O)=O. The molecular weight excluding hydrogens is 248 g/mol. The second-order valence-corrected chi connectivity index (χ2v) is 6.69. The molecule has 1 aliphatic rings. The molecule has 1 fully saturated rings. The Morgan fingerprint density at radius 1 is 1.17 bits per heavy atom. The Bertz CT molecular complexity index is 508. The van der Waals surface area contributed by atoms with Gasteiger partial charge < -0.3 is 0 Å². The van der Waals surface area contributed by atoms with E-state index in [1.807, 2.05) is 12.1 Å². The highest BCUT2D eigenvalue weighted by Gasteiger charge is 2.30. The molecule has 2 rings (SSSR count). The highest BCUT2D eigenvalue weighted by Crippen LogP contribution is 2.36. The van der Waals surface area contributed by atoms with E-state index in [0.29, 0.717) is 0 Å². The summed E-state index contributed by atoms with van der Waals surface area (Å²) in [7, 11) is -3.38. The summed E-state index contributed by atoms with van der Waals surface area (Å²) in [6.45, 7) is 2.07. The van der Waals surface area contributed by atoms with Crippen LogP contribution in [0.15, 0.2) is 24.3 Å². The molecule has 1 aliphatic carbocycles. The zero-order chi connectivity index (χ0) is 13.2. The Kier molecular flexibility index (Phi) is 4.07. The van der Waals surface area contributed by atoms with Crippen LogP contribution in [-0.2, 0) is 14.3 Å². The van der Waals surface area contributed by atoms with Crippen molar-refractivity contribution < 1.29 is 12.6 Å². The molecule has 0 heterocycles. The number of hydrogen-bond donors (Lipinski definition) is 0. The third-order valence-corrected chi connectivity index (χ3v) is 4.19. The third-order valence-electron chi connectivity index (χ3n) is 3.59. The smallest absolute Gasteiger partial charge is 0.264 e. The molecule has 4 heteroatoms. The van der Waals surface area contributed by atoms with E-state index in [-0.39, 0.29) is 12.0 Å². The zero-order valence-corrected chi connectivity index (χ0v) is 11.7. The van der Waals surface area contributed by atoms with E-state index in [4.69, 9.17) is 4.18 Å². The minimum Gasteiger partial charge on any atom is -0.266 e. The van der Waals surface area contributed by atoms with E-state index in [0.717, 1.165) is 31.9 Å². The molecule has 0 amide bonds. The van der Waals surface area contributed by atoms with Crippen LogP contribution >= 0.6 is 0 Å². The van der Waals surface area contributed by atoms with Crippen LogP contribution in [0.2, 0.25) is 0 Å². The first-order chi connectivity index (χ1) is 8.47. The normalized spacial score (nSPS) is 25.0. The van der Waals surface area contributed by atoms with Crippen LogP contribution in [-0.4, -0.2) is 20.8 Å². The maximum Gasteiger partial charge on any atom is 0.264 e. The van der Waals surface area contributed by atoms with Gasteiger partial charge in [-0.25, -0.2) is 0 Å². The first-order valence-electron chi connectivity index (χ1n) is 6.41. The number of hydrogen-bond acceptors (Lipinski definition) is 3. The van der Waals surface area contributed by atoms with Crippen LogP contribution in [0.5, 0.6) is 0 Å². The number of benzene rings is 1. The lowest BCUT2D eigenvalue weighted by molar-refractivity contribution is 0.138. The molecule has 0 unspecified atom stereocenters. The highest BCUT2D eigenvalue weighted by molar-refractivity contribution is 7.86. The largest absolute Gasteiger partial charge is 0.266 e. The minimum absolute atomic E-state index is 0.199. The second-order valence-electron chi connectivity index (χ2n) is 5.09. The summed E-state index contributed by atoms with van der Waals surface area (Å²) in [5.41, 5.74) is 2.44. The fraction of sp³-hybridized carbons (Fsp3) is 0.571. The molecule has 1 aromatic carbocycles. The van der Waals surface area contributed by atoms with Crippen LogP contribution in [0.3, 0.4) is 0 Å². The van der Waals surface area contributed by atoms with Crippen molar-refractivity contribution >= 4 is 10.1 Å². The zero-order valence-electron chi connectivity index (χ0n) is 10.9. The van der Waals surface area contributed by atoms with Crippen molar-refractivity contribution in [2.75, 3.05) is 6.26 Å². The van der Waals surface area contributed by atoms with Gasteiger partial charge in [-0.1, -0.05) is 37.1 Å². The summed E-state index contributed by atoms with van der Waals surface area (Å²) in [6, 6.07) is 8.17. The van der Waals surface area contributed by atoms with Gasteiger partial charge in [-0.05, 0) is 30.9 Å². The predicted molar refractivity (Wildman–Crippen MR) is 72.1 cm³/mol. The molecule has 0 aromatic heterocycles. The standard InChI is InChI=1S/C14H20O3S/c1-11-7-3-4-8-12(11)13-9-5-6-10-14(13)17-18(2,15)16/h3-4,7-8,13-14H,5-6,9-10H2,1-2H3/t13-,14+/m0/s1. The quantitative estimate of drug-likeness (QED) is 0.791. The van der Waals surface area contributed by atoms with E-state index in [2.05, 4.69) is 19.1 Å². The molecule has 18 heavy (non-hydrogen) atoms. The summed E-state index contributed by atoms with van der Waals surface area (Å²) >= 11 is 0. The van der Waals surface area contributed by atoms with Gasteiger partial charge in [0.05, 0.1) is 12.4 Å². The summed E-state index contributed by atoms with van der Waals surface area (Å²) in [5.74, 6) is 0.203. The van der Waals surface area contributed by atoms with Crippen molar-refractivity contribution in [3.8, 4) is 0 Å². The van der Waals surface area contributed by atoms with Crippen molar-refractivity contribution in [2.45, 2.75) is 44.6 Å². The van der Waals surface area contributed by atoms with Gasteiger partial charge >= 0.3 is 0 Å². The Labute approximate surface area is 109 Å². The first kappa shape index (κ1) is 13.6. The Balaban J connectivity index is 2.26. The molecule has 0 saturated heterocycles. The molecule has 0 bridgehead atoms. The molecular formula is C14H20O3S. The Morgan fingerprint density at radius 3 is 2.50 bits per heavy atom. The summed E-state index contributed by atoms with van der Waals surface area (Å²) in [5, 5.41) is 0. The van der Waals surface area contributed by atoms with Gasteiger partial charge in [0, 0.05) is 5.92 Å². The molecule has 0 radical (unpaired) electrons. The molecule has 100 valence electrons. The minimum atomic E-state index is -3.38. The molecule has 3 nitrogen and oxygen atoms in total. The number of rotatable bonds is 3. The topological polar surface area (TPSA) is 43.4 Å². The Morgan fingerprint density at radius 2 is 1.83 bits per heavy atom. The molecule has 0 aliphatic heterocycles. The summed E-state index contributed by atoms with van der Waals surface area (Å²) in [6.07, 6.45) is 4.95. The molecule has 1 saturated carbocycles. The fourth-order valence-corrected chi connectivity index (χ4v) is 3.47. The molecule has 2 atom stereocenters. The van der Waals surface area contributed by atoms with Crippen molar-refractivity contribution in [3.05, 3.63) is 35.4 Å². The average Bonchev–Trinajstić information content (AvgIpc) is 2.29. The lowest BCUT2D eigenvalue weighted by atomic mass is 9.80. The average molecular weight is 268 g/mol. The van der Waals surface area contributed by atoms with E-state index in [1.54, 1.807) is 0 Å². The van der Waals surface area contributed by atoms with Crippen molar-refractivity contribution in [2.24, 2.45) is 0 Å². The summed E-state index contributed by atoms with van der Waals surface area (Å²) < 4.78 is 28.0. The first-order valence-corrected chi connectivity index (χ1v) is 8.23. The maximum atomic E-state index is 11.3. The predicted octanol–water partition coefficient (Wildman–Crippen LogP) is 3.00. The van der Waals surface area contributed by atoms with Crippen LogP contribution in [0.4, 0.5) is 0 Å². The second kappa shape index (κ2) is 5.41. The van der Waals surface area contributed by atoms with Crippen molar-refractivity contribution in [3.63, 3.8) is 0 Å². The van der Waals surface area contributed by atoms with E-state index >= 15 is 0 Å². The monoisotopic (exact) mass is 268 g/mol. The van der Waals surface area contributed by atoms with Gasteiger partial charge in [-0.15, -0.1) is 0 Å². The van der Waals surface area contributed by atoms with Gasteiger partial charge in [0.1, 0.15) is 0 Å². The lowest BCUT2D eigenvalue weighted by Gasteiger charge is -2.31. The number of aryl methyl sites for hydroxylation is 1. The molecule has 0 N–H and O–H groups in total. The van der Waals surface area contributed by atoms with Crippen LogP contribution < -0.4 is 0 Å². The molecule has 0 spiro atoms. The highest BCUT2D eigenvalue weighted by atomic mass is 32.2. The lowest BCUT2D eigenvalue weighted by Crippen LogP contribution is -2.28. The van der Waals surface area contributed by atoms with Gasteiger partial charge in [-0.3, -0.25) is 4.18 Å². The van der Waals surface area contributed by atoms with Crippen LogP contribution in [0.25, 0.3) is 0 Å². The fourth-order valence-electron chi connectivity index (χ4n) is 2.80. The van der Waals surface area contributed by atoms with Gasteiger partial charge in [0.15, 0.2) is 0 Å². The van der Waals surface area contributed by atoms with Crippen LogP contribution in [0, 0.1) is 6.92 Å². The van der Waals surface area contributed by atoms with Crippen LogP contribution in [0.1, 0.15) is 42.7 Å². The van der Waals surface area contributed by atoms with E-state index in [1.165, 1.54) is 11.1 Å². The van der Waals surface area contributed by atoms with Gasteiger partial charge in [0.2, 0.25) is 0 Å².